The quantitative estimate of drug-likeness (QED) is 0.513. The van der Waals surface area contributed by atoms with Crippen LogP contribution in [0.25, 0.3) is 0 Å². The maximum absolute atomic E-state index is 11.8. The zero-order valence-electron chi connectivity index (χ0n) is 10.7. The van der Waals surface area contributed by atoms with Gasteiger partial charge >= 0.3 is 0 Å². The summed E-state index contributed by atoms with van der Waals surface area (Å²) in [5.74, 6) is -0.208. The minimum absolute atomic E-state index is 0.00112. The van der Waals surface area contributed by atoms with E-state index >= 15 is 0 Å². The minimum Gasteiger partial charge on any atom is -0.393 e. The van der Waals surface area contributed by atoms with Crippen LogP contribution in [0.5, 0.6) is 0 Å². The first kappa shape index (κ1) is 17.2. The van der Waals surface area contributed by atoms with Gasteiger partial charge in [0, 0.05) is 19.0 Å². The third-order valence-corrected chi connectivity index (χ3v) is 2.82. The molecule has 0 aliphatic heterocycles. The summed E-state index contributed by atoms with van der Waals surface area (Å²) in [6, 6.07) is 0. The molecule has 0 spiro atoms. The minimum atomic E-state index is -2.50. The Morgan fingerprint density at radius 2 is 2.11 bits per heavy atom. The lowest BCUT2D eigenvalue weighted by Crippen LogP contribution is -2.38. The van der Waals surface area contributed by atoms with Crippen molar-refractivity contribution in [1.29, 1.82) is 0 Å². The summed E-state index contributed by atoms with van der Waals surface area (Å²) in [4.78, 5) is 13.7. The van der Waals surface area contributed by atoms with Crippen LogP contribution < -0.4 is 5.73 Å². The van der Waals surface area contributed by atoms with Gasteiger partial charge in [-0.1, -0.05) is 19.1 Å². The maximum atomic E-state index is 11.8. The Hall–Kier alpha value is -0.820. The highest BCUT2D eigenvalue weighted by Gasteiger charge is 2.16. The highest BCUT2D eigenvalue weighted by atomic mass is 32.1. The molecule has 0 heterocycles. The highest BCUT2D eigenvalue weighted by molar-refractivity contribution is 7.80. The second kappa shape index (κ2) is 9.16. The summed E-state index contributed by atoms with van der Waals surface area (Å²) in [6.45, 7) is 4.01. The number of hydrogen-bond acceptors (Lipinski definition) is 3. The van der Waals surface area contributed by atoms with Crippen molar-refractivity contribution in [2.75, 3.05) is 26.3 Å². The van der Waals surface area contributed by atoms with Crippen LogP contribution in [-0.2, 0) is 9.53 Å². The van der Waals surface area contributed by atoms with Crippen molar-refractivity contribution in [2.45, 2.75) is 26.7 Å². The molecule has 0 aromatic rings. The average molecular weight is 282 g/mol. The van der Waals surface area contributed by atoms with Gasteiger partial charge in [0.1, 0.15) is 6.61 Å². The van der Waals surface area contributed by atoms with Crippen molar-refractivity contribution in [1.82, 2.24) is 4.90 Å². The number of halogens is 2. The number of alkyl halides is 2. The predicted octanol–water partition coefficient (Wildman–Crippen LogP) is 1.43. The van der Waals surface area contributed by atoms with Gasteiger partial charge in [-0.15, -0.1) is 0 Å². The van der Waals surface area contributed by atoms with Gasteiger partial charge in [-0.2, -0.15) is 0 Å². The predicted molar refractivity (Wildman–Crippen MR) is 69.6 cm³/mol. The summed E-state index contributed by atoms with van der Waals surface area (Å²) >= 11 is 4.84. The van der Waals surface area contributed by atoms with Gasteiger partial charge < -0.3 is 15.4 Å². The lowest BCUT2D eigenvalue weighted by Gasteiger charge is -2.24. The molecule has 7 heteroatoms. The molecule has 0 aromatic carbocycles. The number of hydrogen-bond donors (Lipinski definition) is 1. The van der Waals surface area contributed by atoms with Gasteiger partial charge in [-0.05, 0) is 6.92 Å². The van der Waals surface area contributed by atoms with Gasteiger partial charge in [0.25, 0.3) is 6.43 Å². The normalized spacial score (nSPS) is 12.5. The van der Waals surface area contributed by atoms with Crippen LogP contribution in [-0.4, -0.2) is 48.5 Å². The van der Waals surface area contributed by atoms with Crippen molar-refractivity contribution >= 4 is 23.1 Å². The van der Waals surface area contributed by atoms with E-state index in [9.17, 15) is 13.6 Å². The molecule has 2 N–H and O–H groups in total. The van der Waals surface area contributed by atoms with Crippen molar-refractivity contribution in [3.8, 4) is 0 Å². The Labute approximate surface area is 111 Å². The summed E-state index contributed by atoms with van der Waals surface area (Å²) in [5.41, 5.74) is 5.48. The number of carbonyl (C=O) groups is 1. The van der Waals surface area contributed by atoms with E-state index in [4.69, 9.17) is 18.0 Å². The van der Waals surface area contributed by atoms with E-state index in [1.54, 1.807) is 4.90 Å². The van der Waals surface area contributed by atoms with Gasteiger partial charge in [0.05, 0.1) is 18.0 Å². The Morgan fingerprint density at radius 1 is 1.50 bits per heavy atom. The number of nitrogens with zero attached hydrogens (tertiary/aromatic N) is 1. The number of rotatable bonds is 9. The molecule has 4 nitrogen and oxygen atoms in total. The van der Waals surface area contributed by atoms with Gasteiger partial charge in [-0.25, -0.2) is 8.78 Å². The molecule has 0 aliphatic carbocycles. The molecule has 106 valence electrons. The largest absolute Gasteiger partial charge is 0.393 e. The molecule has 0 aliphatic rings. The van der Waals surface area contributed by atoms with E-state index in [1.165, 1.54) is 0 Å². The molecule has 0 bridgehead atoms. The van der Waals surface area contributed by atoms with E-state index in [0.717, 1.165) is 0 Å². The Kier molecular flexibility index (Phi) is 8.74. The van der Waals surface area contributed by atoms with E-state index in [1.807, 2.05) is 13.8 Å². The first-order chi connectivity index (χ1) is 8.38. The van der Waals surface area contributed by atoms with E-state index in [0.29, 0.717) is 18.1 Å². The fraction of sp³-hybridized carbons (Fsp3) is 0.818. The number of amides is 1. The van der Waals surface area contributed by atoms with Crippen molar-refractivity contribution in [3.05, 3.63) is 0 Å². The second-order valence-corrected chi connectivity index (χ2v) is 4.42. The summed E-state index contributed by atoms with van der Waals surface area (Å²) < 4.78 is 28.3. The number of ether oxygens (including phenoxy) is 1. The third kappa shape index (κ3) is 7.50. The second-order valence-electron chi connectivity index (χ2n) is 3.95. The van der Waals surface area contributed by atoms with Crippen LogP contribution in [0.3, 0.4) is 0 Å². The standard InChI is InChI=1S/C11H20F2N2O2S/c1-3-15(6-8(2)11(14)18)10(16)4-5-17-7-9(12)13/h8-9H,3-7H2,1-2H3,(H2,14,18). The summed E-state index contributed by atoms with van der Waals surface area (Å²) in [7, 11) is 0. The molecule has 0 rings (SSSR count). The fourth-order valence-corrected chi connectivity index (χ4v) is 1.39. The topological polar surface area (TPSA) is 55.6 Å². The van der Waals surface area contributed by atoms with Crippen LogP contribution in [0, 0.1) is 5.92 Å². The summed E-state index contributed by atoms with van der Waals surface area (Å²) in [6.07, 6.45) is -2.41. The summed E-state index contributed by atoms with van der Waals surface area (Å²) in [5, 5.41) is 0. The molecular weight excluding hydrogens is 262 g/mol. The molecule has 1 atom stereocenters. The number of thiocarbonyl (C=S) groups is 1. The third-order valence-electron chi connectivity index (χ3n) is 2.42. The van der Waals surface area contributed by atoms with Gasteiger partial charge in [0.15, 0.2) is 0 Å². The Morgan fingerprint density at radius 3 is 2.56 bits per heavy atom. The van der Waals surface area contributed by atoms with Crippen molar-refractivity contribution < 1.29 is 18.3 Å². The molecule has 0 saturated carbocycles. The molecule has 0 radical (unpaired) electrons. The Balaban J connectivity index is 4.00. The zero-order valence-corrected chi connectivity index (χ0v) is 11.5. The first-order valence-electron chi connectivity index (χ1n) is 5.81. The van der Waals surface area contributed by atoms with Crippen molar-refractivity contribution in [2.24, 2.45) is 11.7 Å². The first-order valence-corrected chi connectivity index (χ1v) is 6.22. The van der Waals surface area contributed by atoms with Crippen LogP contribution in [0.2, 0.25) is 0 Å². The van der Waals surface area contributed by atoms with Crippen LogP contribution in [0.1, 0.15) is 20.3 Å². The van der Waals surface area contributed by atoms with Crippen LogP contribution >= 0.6 is 12.2 Å². The van der Waals surface area contributed by atoms with Gasteiger partial charge in [-0.3, -0.25) is 4.79 Å². The van der Waals surface area contributed by atoms with E-state index in [-0.39, 0.29) is 24.9 Å². The molecule has 0 saturated heterocycles. The zero-order chi connectivity index (χ0) is 14.1. The molecule has 0 aromatic heterocycles. The lowest BCUT2D eigenvalue weighted by molar-refractivity contribution is -0.132. The van der Waals surface area contributed by atoms with Gasteiger partial charge in [0.2, 0.25) is 5.91 Å². The Bertz CT molecular complexity index is 278. The van der Waals surface area contributed by atoms with E-state index in [2.05, 4.69) is 4.74 Å². The SMILES string of the molecule is CCN(CC(C)C(N)=S)C(=O)CCOCC(F)F. The fourth-order valence-electron chi connectivity index (χ4n) is 1.32. The average Bonchev–Trinajstić information content (AvgIpc) is 2.30. The smallest absolute Gasteiger partial charge is 0.261 e. The monoisotopic (exact) mass is 282 g/mol. The van der Waals surface area contributed by atoms with E-state index < -0.39 is 13.0 Å². The lowest BCUT2D eigenvalue weighted by atomic mass is 10.1. The molecule has 18 heavy (non-hydrogen) atoms. The van der Waals surface area contributed by atoms with Crippen LogP contribution in [0.15, 0.2) is 0 Å². The maximum Gasteiger partial charge on any atom is 0.261 e. The van der Waals surface area contributed by atoms with Crippen molar-refractivity contribution in [3.63, 3.8) is 0 Å². The molecular formula is C11H20F2N2O2S. The molecule has 1 amide bonds. The highest BCUT2D eigenvalue weighted by Crippen LogP contribution is 2.03. The molecule has 1 unspecified atom stereocenters. The number of nitrogens with two attached hydrogens (primary N) is 1. The molecule has 0 fully saturated rings. The number of carbonyl (C=O) groups excluding carboxylic acids is 1. The van der Waals surface area contributed by atoms with Crippen LogP contribution in [0.4, 0.5) is 8.78 Å².